The van der Waals surface area contributed by atoms with Crippen molar-refractivity contribution in [1.82, 2.24) is 45.3 Å². The van der Waals surface area contributed by atoms with Crippen molar-refractivity contribution >= 4 is 65.1 Å². The molecule has 0 aliphatic carbocycles. The van der Waals surface area contributed by atoms with Crippen LogP contribution in [-0.4, -0.2) is 209 Å². The van der Waals surface area contributed by atoms with Crippen molar-refractivity contribution in [2.75, 3.05) is 55.4 Å². The molecule has 2 fully saturated rings. The lowest BCUT2D eigenvalue weighted by Crippen LogP contribution is -2.63. The normalized spacial score (nSPS) is 26.7. The largest absolute Gasteiger partial charge is 0.497 e. The van der Waals surface area contributed by atoms with Gasteiger partial charge in [0.05, 0.1) is 20.1 Å². The Balaban J connectivity index is 2.27. The summed E-state index contributed by atoms with van der Waals surface area (Å²) in [7, 11) is 8.24. The number of methoxy groups -OCH3 is 1. The Morgan fingerprint density at radius 2 is 1.16 bits per heavy atom. The van der Waals surface area contributed by atoms with Gasteiger partial charge in [0, 0.05) is 48.2 Å². The first-order valence-electron chi connectivity index (χ1n) is 27.9. The number of amides is 9. The maximum Gasteiger partial charge on any atom is 0.329 e. The highest BCUT2D eigenvalue weighted by atomic mass is 16.5. The van der Waals surface area contributed by atoms with Crippen LogP contribution in [-0.2, 0) is 63.9 Å². The molecule has 0 saturated carbocycles. The Morgan fingerprint density at radius 1 is 0.637 bits per heavy atom. The molecule has 80 heavy (non-hydrogen) atoms. The predicted octanol–water partition coefficient (Wildman–Crippen LogP) is 2.32. The number of fused-ring (bicyclic) bond motifs is 1. The Bertz CT molecular complexity index is 2380. The van der Waals surface area contributed by atoms with Crippen molar-refractivity contribution in [2.24, 2.45) is 29.6 Å². The summed E-state index contributed by atoms with van der Waals surface area (Å²) < 4.78 is 11.2. The number of likely N-dealkylation sites (N-methyl/N-ethyl adjacent to an activating group) is 5. The Kier molecular flexibility index (Phi) is 25.4. The topological polar surface area (TPSA) is 282 Å². The third-order valence-corrected chi connectivity index (χ3v) is 15.8. The van der Waals surface area contributed by atoms with Crippen LogP contribution in [0.25, 0.3) is 0 Å². The molecular formula is C57H91N9O14. The molecule has 448 valence electrons. The zero-order valence-electron chi connectivity index (χ0n) is 50.2. The van der Waals surface area contributed by atoms with Crippen LogP contribution in [0.2, 0.25) is 0 Å². The number of nitrogens with one attached hydrogen (secondary N) is 3. The number of nitrogens with zero attached hydrogens (tertiary/aromatic N) is 6. The third kappa shape index (κ3) is 16.6. The van der Waals surface area contributed by atoms with Gasteiger partial charge in [0.15, 0.2) is 6.10 Å². The second-order valence-electron chi connectivity index (χ2n) is 22.6. The predicted molar refractivity (Wildman–Crippen MR) is 297 cm³/mol. The monoisotopic (exact) mass is 1130 g/mol. The van der Waals surface area contributed by atoms with E-state index in [-0.39, 0.29) is 19.4 Å². The number of hydrogen-bond acceptors (Lipinski definition) is 13. The first-order valence-corrected chi connectivity index (χ1v) is 27.9. The number of rotatable bonds is 12. The van der Waals surface area contributed by atoms with Crippen LogP contribution < -0.4 is 20.7 Å². The molecule has 0 bridgehead atoms. The third-order valence-electron chi connectivity index (χ3n) is 15.8. The van der Waals surface area contributed by atoms with E-state index in [1.54, 1.807) is 86.6 Å². The Morgan fingerprint density at radius 3 is 1.69 bits per heavy atom. The highest BCUT2D eigenvalue weighted by Gasteiger charge is 2.46. The standard InChI is InChI=1S/C57H91N9O14/c1-18-34(9)47-49(70)58-30-42(67)62(13)45(32(5)6)50(71)59-39(28-37-23-25-38(79-17)26-24-37)57(78)80-36(11)52(73)66-27-21-20-22-40(66)53(74)63(14)46(33(7)8)51(72)60-44(31(3)4)55(76)61(12)41(29-43(68)69)54(75)65(16)48(35(10)19-2)56(77)64(47)15/h23-26,31-36,39-41,44-48H,18-22,27-30H2,1-17H3,(H,58,70)(H,59,71)(H,60,72)(H,68,69)/t34-,35-,36+,39-,40-,41-,44-,45-,46-,47-,48?/m0/s1. The highest BCUT2D eigenvalue weighted by molar-refractivity contribution is 5.99. The van der Waals surface area contributed by atoms with Crippen LogP contribution in [0, 0.1) is 29.6 Å². The average Bonchev–Trinajstić information content (AvgIpc) is 3.41. The van der Waals surface area contributed by atoms with E-state index in [4.69, 9.17) is 9.47 Å². The van der Waals surface area contributed by atoms with Gasteiger partial charge < -0.3 is 59.9 Å². The molecule has 0 spiro atoms. The average molecular weight is 1130 g/mol. The number of carboxylic acids is 1. The molecule has 11 atom stereocenters. The van der Waals surface area contributed by atoms with Crippen molar-refractivity contribution in [3.63, 3.8) is 0 Å². The molecular weight excluding hydrogens is 1030 g/mol. The molecule has 1 unspecified atom stereocenters. The van der Waals surface area contributed by atoms with E-state index in [0.29, 0.717) is 37.0 Å². The van der Waals surface area contributed by atoms with Gasteiger partial charge in [-0.2, -0.15) is 0 Å². The Hall–Kier alpha value is -6.81. The summed E-state index contributed by atoms with van der Waals surface area (Å²) in [6.07, 6.45) is -0.488. The molecule has 0 radical (unpaired) electrons. The Labute approximate surface area is 472 Å². The molecule has 2 heterocycles. The van der Waals surface area contributed by atoms with Crippen LogP contribution >= 0.6 is 0 Å². The second kappa shape index (κ2) is 30.1. The maximum absolute atomic E-state index is 14.9. The van der Waals surface area contributed by atoms with Crippen molar-refractivity contribution in [1.29, 1.82) is 0 Å². The summed E-state index contributed by atoms with van der Waals surface area (Å²) in [5, 5.41) is 18.4. The number of hydrogen-bond donors (Lipinski definition) is 4. The minimum atomic E-state index is -1.69. The molecule has 2 saturated heterocycles. The van der Waals surface area contributed by atoms with Crippen molar-refractivity contribution in [3.8, 4) is 5.75 Å². The lowest BCUT2D eigenvalue weighted by molar-refractivity contribution is -0.165. The van der Waals surface area contributed by atoms with E-state index < -0.39 is 162 Å². The van der Waals surface area contributed by atoms with Gasteiger partial charge >= 0.3 is 11.9 Å². The first kappa shape index (κ1) is 67.5. The molecule has 2 aliphatic heterocycles. The minimum absolute atomic E-state index is 0.106. The van der Waals surface area contributed by atoms with E-state index in [9.17, 15) is 57.8 Å². The van der Waals surface area contributed by atoms with E-state index in [0.717, 1.165) is 14.7 Å². The van der Waals surface area contributed by atoms with Crippen molar-refractivity contribution < 1.29 is 67.3 Å². The minimum Gasteiger partial charge on any atom is -0.497 e. The SMILES string of the molecule is CC[C@H](C)C1C(=O)N(C)[C@@H]([C@@H](C)CC)C(=O)NCC(=O)N(C)[C@@H](C(C)C)C(=O)N[C@@H](Cc2ccc(OC)cc2)C(=O)O[C@H](C)C(=O)N2CCCC[C@H]2C(=O)N(C)[C@@H](C(C)C)C(=O)N[C@@H](C(C)C)C(=O)N(C)[C@@H](CC(=O)O)C(=O)N1C. The highest BCUT2D eigenvalue weighted by Crippen LogP contribution is 2.26. The van der Waals surface area contributed by atoms with Gasteiger partial charge in [-0.1, -0.05) is 94.2 Å². The van der Waals surface area contributed by atoms with Gasteiger partial charge in [0.2, 0.25) is 47.3 Å². The number of carbonyl (C=O) groups is 11. The lowest BCUT2D eigenvalue weighted by Gasteiger charge is -2.41. The molecule has 2 aliphatic rings. The van der Waals surface area contributed by atoms with E-state index in [1.165, 1.54) is 64.0 Å². The summed E-state index contributed by atoms with van der Waals surface area (Å²) >= 11 is 0. The van der Waals surface area contributed by atoms with Crippen LogP contribution in [0.3, 0.4) is 0 Å². The van der Waals surface area contributed by atoms with Gasteiger partial charge in [-0.05, 0) is 73.5 Å². The van der Waals surface area contributed by atoms with Gasteiger partial charge in [-0.3, -0.25) is 47.9 Å². The summed E-state index contributed by atoms with van der Waals surface area (Å²) in [6, 6.07) is -3.77. The molecule has 3 rings (SSSR count). The zero-order valence-corrected chi connectivity index (χ0v) is 50.2. The molecule has 9 amide bonds. The molecule has 0 aromatic heterocycles. The zero-order chi connectivity index (χ0) is 60.8. The molecule has 1 aromatic rings. The number of aliphatic carboxylic acids is 1. The van der Waals surface area contributed by atoms with E-state index in [1.807, 2.05) is 6.92 Å². The van der Waals surface area contributed by atoms with Crippen LogP contribution in [0.4, 0.5) is 0 Å². The number of cyclic esters (lactones) is 1. The van der Waals surface area contributed by atoms with Gasteiger partial charge in [-0.15, -0.1) is 0 Å². The fourth-order valence-corrected chi connectivity index (χ4v) is 10.7. The first-order chi connectivity index (χ1) is 37.4. The van der Waals surface area contributed by atoms with Crippen molar-refractivity contribution in [2.45, 2.75) is 176 Å². The number of carboxylic acid groups (broad SMARTS) is 1. The molecule has 1 aromatic carbocycles. The van der Waals surface area contributed by atoms with Crippen LogP contribution in [0.1, 0.15) is 120 Å². The number of piperidine rings is 1. The smallest absolute Gasteiger partial charge is 0.329 e. The van der Waals surface area contributed by atoms with Gasteiger partial charge in [0.25, 0.3) is 5.91 Å². The number of carbonyl (C=O) groups excluding carboxylic acids is 10. The van der Waals surface area contributed by atoms with Gasteiger partial charge in [0.1, 0.15) is 54.1 Å². The quantitative estimate of drug-likeness (QED) is 0.219. The number of benzene rings is 1. The number of ether oxygens (including phenoxy) is 2. The second-order valence-corrected chi connectivity index (χ2v) is 22.6. The van der Waals surface area contributed by atoms with Crippen LogP contribution in [0.5, 0.6) is 5.75 Å². The summed E-state index contributed by atoms with van der Waals surface area (Å²) in [4.78, 5) is 165. The van der Waals surface area contributed by atoms with Crippen LogP contribution in [0.15, 0.2) is 24.3 Å². The van der Waals surface area contributed by atoms with E-state index in [2.05, 4.69) is 16.0 Å². The fraction of sp³-hybridized carbons (Fsp3) is 0.702. The maximum atomic E-state index is 14.9. The molecule has 23 heteroatoms. The fourth-order valence-electron chi connectivity index (χ4n) is 10.7. The summed E-state index contributed by atoms with van der Waals surface area (Å²) in [5.74, 6) is -11.4. The summed E-state index contributed by atoms with van der Waals surface area (Å²) in [5.41, 5.74) is 0.581. The van der Waals surface area contributed by atoms with Crippen molar-refractivity contribution in [3.05, 3.63) is 29.8 Å². The number of esters is 1. The summed E-state index contributed by atoms with van der Waals surface area (Å²) in [6.45, 7) is 18.0. The van der Waals surface area contributed by atoms with E-state index >= 15 is 0 Å². The van der Waals surface area contributed by atoms with Gasteiger partial charge in [-0.25, -0.2) is 4.79 Å². The molecule has 4 N–H and O–H groups in total. The molecule has 23 nitrogen and oxygen atoms in total. The lowest BCUT2D eigenvalue weighted by atomic mass is 9.92.